The number of anilines is 1. The molecule has 0 saturated heterocycles. The molecule has 0 saturated carbocycles. The van der Waals surface area contributed by atoms with E-state index in [1.807, 2.05) is 80.5 Å². The van der Waals surface area contributed by atoms with Gasteiger partial charge in [0.2, 0.25) is 5.78 Å². The molecule has 0 aliphatic carbocycles. The standard InChI is InChI=1S/C30H32N2O5/c1-19-14-25-23(17-32(18-36-25)13-12-21-8-11-24(34-4)26(15-21)35-5)30-28(19)29(33)27(37-30)16-20-6-9-22(10-7-20)31(2)3/h6-11,14-16H,12-13,17-18H2,1-5H3/b27-16+. The summed E-state index contributed by atoms with van der Waals surface area (Å²) in [5, 5.41) is 0. The smallest absolute Gasteiger partial charge is 0.232 e. The number of allylic oxidation sites excluding steroid dienone is 1. The van der Waals surface area contributed by atoms with Crippen molar-refractivity contribution in [2.75, 3.05) is 46.5 Å². The maximum atomic E-state index is 13.3. The number of nitrogens with zero attached hydrogens (tertiary/aromatic N) is 2. The Kier molecular flexibility index (Phi) is 6.80. The number of hydrogen-bond acceptors (Lipinski definition) is 7. The molecule has 3 aromatic carbocycles. The number of hydrogen-bond donors (Lipinski definition) is 0. The van der Waals surface area contributed by atoms with E-state index in [4.69, 9.17) is 18.9 Å². The van der Waals surface area contributed by atoms with Gasteiger partial charge in [0, 0.05) is 32.9 Å². The SMILES string of the molecule is COc1ccc(CCN2COc3cc(C)c4c(c3C2)O/C(=C/c2ccc(N(C)C)cc2)C4=O)cc1OC. The Morgan fingerprint density at radius 2 is 1.78 bits per heavy atom. The topological polar surface area (TPSA) is 60.5 Å². The number of ether oxygens (including phenoxy) is 4. The van der Waals surface area contributed by atoms with Crippen molar-refractivity contribution in [2.45, 2.75) is 19.9 Å². The fourth-order valence-corrected chi connectivity index (χ4v) is 4.76. The summed E-state index contributed by atoms with van der Waals surface area (Å²) in [7, 11) is 7.27. The van der Waals surface area contributed by atoms with Crippen LogP contribution in [0.25, 0.3) is 6.08 Å². The third kappa shape index (κ3) is 4.87. The number of benzene rings is 3. The fourth-order valence-electron chi connectivity index (χ4n) is 4.76. The molecule has 0 amide bonds. The highest BCUT2D eigenvalue weighted by Crippen LogP contribution is 2.44. The molecule has 7 heteroatoms. The maximum absolute atomic E-state index is 13.3. The third-order valence-electron chi connectivity index (χ3n) is 6.86. The highest BCUT2D eigenvalue weighted by Gasteiger charge is 2.35. The van der Waals surface area contributed by atoms with Gasteiger partial charge >= 0.3 is 0 Å². The second-order valence-corrected chi connectivity index (χ2v) is 9.57. The summed E-state index contributed by atoms with van der Waals surface area (Å²) >= 11 is 0. The summed E-state index contributed by atoms with van der Waals surface area (Å²) in [4.78, 5) is 17.6. The van der Waals surface area contributed by atoms with Gasteiger partial charge in [-0.15, -0.1) is 0 Å². The van der Waals surface area contributed by atoms with Gasteiger partial charge in [0.1, 0.15) is 18.2 Å². The van der Waals surface area contributed by atoms with Crippen LogP contribution in [0.5, 0.6) is 23.0 Å². The van der Waals surface area contributed by atoms with Crippen molar-refractivity contribution < 1.29 is 23.7 Å². The van der Waals surface area contributed by atoms with Gasteiger partial charge < -0.3 is 23.8 Å². The van der Waals surface area contributed by atoms with Crippen LogP contribution in [0.1, 0.15) is 32.6 Å². The number of Topliss-reactive ketones (excluding diaryl/α,β-unsaturated/α-hetero) is 1. The number of aryl methyl sites for hydroxylation is 1. The summed E-state index contributed by atoms with van der Waals surface area (Å²) in [5.74, 6) is 3.08. The Balaban J connectivity index is 1.35. The van der Waals surface area contributed by atoms with E-state index in [9.17, 15) is 4.79 Å². The van der Waals surface area contributed by atoms with E-state index < -0.39 is 0 Å². The van der Waals surface area contributed by atoms with Crippen molar-refractivity contribution in [2.24, 2.45) is 0 Å². The van der Waals surface area contributed by atoms with Gasteiger partial charge in [-0.2, -0.15) is 0 Å². The highest BCUT2D eigenvalue weighted by atomic mass is 16.5. The zero-order valence-electron chi connectivity index (χ0n) is 22.0. The van der Waals surface area contributed by atoms with Crippen molar-refractivity contribution in [1.29, 1.82) is 0 Å². The molecule has 192 valence electrons. The molecule has 2 aliphatic heterocycles. The molecule has 2 heterocycles. The van der Waals surface area contributed by atoms with Crippen LogP contribution in [0.4, 0.5) is 5.69 Å². The number of carbonyl (C=O) groups is 1. The summed E-state index contributed by atoms with van der Waals surface area (Å²) in [5.41, 5.74) is 5.57. The number of ketones is 1. The molecule has 37 heavy (non-hydrogen) atoms. The zero-order valence-corrected chi connectivity index (χ0v) is 22.0. The lowest BCUT2D eigenvalue weighted by Gasteiger charge is -2.30. The Bertz CT molecular complexity index is 1360. The minimum absolute atomic E-state index is 0.0885. The highest BCUT2D eigenvalue weighted by molar-refractivity contribution is 6.15. The van der Waals surface area contributed by atoms with E-state index in [1.54, 1.807) is 14.2 Å². The van der Waals surface area contributed by atoms with E-state index in [1.165, 1.54) is 0 Å². The third-order valence-corrected chi connectivity index (χ3v) is 6.86. The summed E-state index contributed by atoms with van der Waals surface area (Å²) in [6.45, 7) is 3.84. The number of fused-ring (bicyclic) bond motifs is 3. The van der Waals surface area contributed by atoms with Crippen molar-refractivity contribution in [1.82, 2.24) is 4.90 Å². The average molecular weight is 501 g/mol. The van der Waals surface area contributed by atoms with Gasteiger partial charge in [-0.25, -0.2) is 0 Å². The van der Waals surface area contributed by atoms with Crippen LogP contribution in [0.2, 0.25) is 0 Å². The molecule has 0 fully saturated rings. The van der Waals surface area contributed by atoms with Gasteiger partial charge in [-0.1, -0.05) is 18.2 Å². The van der Waals surface area contributed by atoms with Gasteiger partial charge in [0.25, 0.3) is 0 Å². The fraction of sp³-hybridized carbons (Fsp3) is 0.300. The van der Waals surface area contributed by atoms with Gasteiger partial charge in [0.05, 0.1) is 25.3 Å². The lowest BCUT2D eigenvalue weighted by Crippen LogP contribution is -2.34. The van der Waals surface area contributed by atoms with E-state index in [-0.39, 0.29) is 5.78 Å². The largest absolute Gasteiger partial charge is 0.493 e. The first-order valence-electron chi connectivity index (χ1n) is 12.3. The Labute approximate surface area is 217 Å². The molecule has 7 nitrogen and oxygen atoms in total. The van der Waals surface area contributed by atoms with Gasteiger partial charge in [-0.3, -0.25) is 9.69 Å². The summed E-state index contributed by atoms with van der Waals surface area (Å²) in [6.07, 6.45) is 2.63. The van der Waals surface area contributed by atoms with Crippen LogP contribution in [0, 0.1) is 6.92 Å². The molecule has 0 N–H and O–H groups in total. The summed E-state index contributed by atoms with van der Waals surface area (Å²) < 4.78 is 23.1. The molecule has 2 aliphatic rings. The predicted molar refractivity (Wildman–Crippen MR) is 144 cm³/mol. The Hall–Kier alpha value is -3.97. The number of carbonyl (C=O) groups excluding carboxylic acids is 1. The van der Waals surface area contributed by atoms with Gasteiger partial charge in [-0.05, 0) is 66.4 Å². The predicted octanol–water partition coefficient (Wildman–Crippen LogP) is 5.09. The second-order valence-electron chi connectivity index (χ2n) is 9.57. The molecule has 5 rings (SSSR count). The van der Waals surface area contributed by atoms with E-state index >= 15 is 0 Å². The number of methoxy groups -OCH3 is 2. The molecule has 0 aromatic heterocycles. The summed E-state index contributed by atoms with van der Waals surface area (Å²) in [6, 6.07) is 16.0. The normalized spacial score (nSPS) is 15.6. The molecule has 3 aromatic rings. The van der Waals surface area contributed by atoms with Crippen LogP contribution >= 0.6 is 0 Å². The Morgan fingerprint density at radius 3 is 2.49 bits per heavy atom. The second kappa shape index (κ2) is 10.2. The van der Waals surface area contributed by atoms with E-state index in [0.29, 0.717) is 36.1 Å². The molecule has 0 spiro atoms. The molecule has 0 radical (unpaired) electrons. The quantitative estimate of drug-likeness (QED) is 0.419. The van der Waals surface area contributed by atoms with Crippen molar-refractivity contribution >= 4 is 17.5 Å². The van der Waals surface area contributed by atoms with Crippen LogP contribution < -0.4 is 23.8 Å². The lowest BCUT2D eigenvalue weighted by molar-refractivity contribution is 0.0949. The first-order chi connectivity index (χ1) is 17.9. The van der Waals surface area contributed by atoms with Crippen molar-refractivity contribution in [3.63, 3.8) is 0 Å². The first kappa shape index (κ1) is 24.7. The van der Waals surface area contributed by atoms with Crippen LogP contribution in [0.3, 0.4) is 0 Å². The van der Waals surface area contributed by atoms with Crippen molar-refractivity contribution in [3.05, 3.63) is 82.1 Å². The van der Waals surface area contributed by atoms with Crippen molar-refractivity contribution in [3.8, 4) is 23.0 Å². The molecule has 0 atom stereocenters. The van der Waals surface area contributed by atoms with E-state index in [0.717, 1.165) is 52.4 Å². The van der Waals surface area contributed by atoms with Crippen LogP contribution in [0.15, 0.2) is 54.3 Å². The average Bonchev–Trinajstić information content (AvgIpc) is 3.24. The Morgan fingerprint density at radius 1 is 1.03 bits per heavy atom. The molecular weight excluding hydrogens is 468 g/mol. The zero-order chi connectivity index (χ0) is 26.1. The monoisotopic (exact) mass is 500 g/mol. The minimum atomic E-state index is -0.0885. The minimum Gasteiger partial charge on any atom is -0.493 e. The maximum Gasteiger partial charge on any atom is 0.232 e. The number of rotatable bonds is 7. The lowest BCUT2D eigenvalue weighted by atomic mass is 9.98. The molecular formula is C30H32N2O5. The van der Waals surface area contributed by atoms with E-state index in [2.05, 4.69) is 4.90 Å². The first-order valence-corrected chi connectivity index (χ1v) is 12.3. The molecule has 0 unspecified atom stereocenters. The van der Waals surface area contributed by atoms with Crippen LogP contribution in [-0.4, -0.2) is 52.3 Å². The van der Waals surface area contributed by atoms with Crippen LogP contribution in [-0.2, 0) is 13.0 Å². The molecule has 0 bridgehead atoms. The van der Waals surface area contributed by atoms with Gasteiger partial charge in [0.15, 0.2) is 17.3 Å².